The third-order valence-electron chi connectivity index (χ3n) is 2.92. The van der Waals surface area contributed by atoms with Gasteiger partial charge in [-0.3, -0.25) is 19.7 Å². The molecule has 0 saturated carbocycles. The van der Waals surface area contributed by atoms with Gasteiger partial charge < -0.3 is 16.2 Å². The van der Waals surface area contributed by atoms with Crippen molar-refractivity contribution >= 4 is 23.3 Å². The molecule has 1 aromatic rings. The Labute approximate surface area is 121 Å². The lowest BCUT2D eigenvalue weighted by atomic mass is 9.97. The molecule has 0 fully saturated rings. The maximum absolute atomic E-state index is 11.1. The van der Waals surface area contributed by atoms with Crippen LogP contribution in [0.3, 0.4) is 0 Å². The molecule has 0 radical (unpaired) electrons. The van der Waals surface area contributed by atoms with Crippen molar-refractivity contribution in [1.82, 2.24) is 0 Å². The zero-order chi connectivity index (χ0) is 16.2. The van der Waals surface area contributed by atoms with E-state index >= 15 is 0 Å². The van der Waals surface area contributed by atoms with E-state index in [-0.39, 0.29) is 29.8 Å². The van der Waals surface area contributed by atoms with Gasteiger partial charge in [-0.25, -0.2) is 0 Å². The molecule has 1 amide bonds. The van der Waals surface area contributed by atoms with Gasteiger partial charge in [-0.2, -0.15) is 0 Å². The molecule has 1 aromatic carbocycles. The molecule has 4 N–H and O–H groups in total. The number of nitrogens with one attached hydrogen (secondary N) is 1. The summed E-state index contributed by atoms with van der Waals surface area (Å²) in [6, 6.07) is 3.86. The van der Waals surface area contributed by atoms with Crippen LogP contribution in [-0.2, 0) is 4.79 Å². The topological polar surface area (TPSA) is 136 Å². The lowest BCUT2D eigenvalue weighted by molar-refractivity contribution is -0.384. The second-order valence-corrected chi connectivity index (χ2v) is 5.26. The van der Waals surface area contributed by atoms with E-state index in [9.17, 15) is 19.7 Å². The van der Waals surface area contributed by atoms with Gasteiger partial charge in [-0.15, -0.1) is 0 Å². The molecule has 8 nitrogen and oxygen atoms in total. The summed E-state index contributed by atoms with van der Waals surface area (Å²) in [4.78, 5) is 32.1. The van der Waals surface area contributed by atoms with E-state index in [2.05, 4.69) is 5.32 Å². The van der Waals surface area contributed by atoms with Crippen molar-refractivity contribution in [3.63, 3.8) is 0 Å². The van der Waals surface area contributed by atoms with Gasteiger partial charge in [0.2, 0.25) is 5.91 Å². The number of carbonyl (C=O) groups excluding carboxylic acids is 1. The molecular formula is C13H17N3O5. The normalized spacial score (nSPS) is 11.0. The highest BCUT2D eigenvalue weighted by atomic mass is 16.6. The van der Waals surface area contributed by atoms with Crippen molar-refractivity contribution in [2.45, 2.75) is 32.2 Å². The van der Waals surface area contributed by atoms with Crippen LogP contribution in [0.2, 0.25) is 0 Å². The first-order valence-corrected chi connectivity index (χ1v) is 6.20. The van der Waals surface area contributed by atoms with Gasteiger partial charge in [0.25, 0.3) is 5.69 Å². The second kappa shape index (κ2) is 6.21. The van der Waals surface area contributed by atoms with E-state index < -0.39 is 22.3 Å². The molecule has 0 heterocycles. The van der Waals surface area contributed by atoms with E-state index in [4.69, 9.17) is 10.8 Å². The number of nitrogens with zero attached hydrogens (tertiary/aromatic N) is 1. The molecule has 1 rings (SSSR count). The number of amides is 1. The number of carboxylic acids is 1. The number of nitro groups is 1. The Hall–Kier alpha value is -2.64. The summed E-state index contributed by atoms with van der Waals surface area (Å²) < 4.78 is 0. The van der Waals surface area contributed by atoms with Crippen molar-refractivity contribution in [2.75, 3.05) is 5.32 Å². The first kappa shape index (κ1) is 16.4. The Morgan fingerprint density at radius 3 is 2.52 bits per heavy atom. The van der Waals surface area contributed by atoms with Crippen LogP contribution in [-0.4, -0.2) is 27.4 Å². The number of carbonyl (C=O) groups is 2. The van der Waals surface area contributed by atoms with E-state index in [1.165, 1.54) is 12.1 Å². The maximum Gasteiger partial charge on any atom is 0.303 e. The van der Waals surface area contributed by atoms with Gasteiger partial charge >= 0.3 is 5.97 Å². The molecule has 0 atom stereocenters. The van der Waals surface area contributed by atoms with E-state index in [1.54, 1.807) is 13.8 Å². The molecule has 0 aliphatic heterocycles. The van der Waals surface area contributed by atoms with Crippen LogP contribution in [0.25, 0.3) is 0 Å². The standard InChI is InChI=1S/C13H17N3O5/c1-13(2,6-5-11(17)18)15-9-4-3-8(12(14)19)7-10(9)16(20)21/h3-4,7,15H,5-6H2,1-2H3,(H2,14,19)(H,17,18). The second-order valence-electron chi connectivity index (χ2n) is 5.26. The quantitative estimate of drug-likeness (QED) is 0.518. The van der Waals surface area contributed by atoms with Gasteiger partial charge in [0.1, 0.15) is 5.69 Å². The van der Waals surface area contributed by atoms with Crippen LogP contribution >= 0.6 is 0 Å². The minimum absolute atomic E-state index is 0.0376. The molecule has 0 spiro atoms. The van der Waals surface area contributed by atoms with Crippen molar-refractivity contribution in [3.05, 3.63) is 33.9 Å². The van der Waals surface area contributed by atoms with Gasteiger partial charge in [-0.1, -0.05) is 0 Å². The SMILES string of the molecule is CC(C)(CCC(=O)O)Nc1ccc(C(N)=O)cc1[N+](=O)[O-]. The van der Waals surface area contributed by atoms with Crippen molar-refractivity contribution in [1.29, 1.82) is 0 Å². The minimum atomic E-state index is -0.941. The van der Waals surface area contributed by atoms with Gasteiger partial charge in [0, 0.05) is 23.6 Å². The summed E-state index contributed by atoms with van der Waals surface area (Å²) in [5.41, 5.74) is 4.40. The Morgan fingerprint density at radius 2 is 2.05 bits per heavy atom. The number of primary amides is 1. The molecule has 0 aromatic heterocycles. The van der Waals surface area contributed by atoms with Crippen LogP contribution in [0.15, 0.2) is 18.2 Å². The fraction of sp³-hybridized carbons (Fsp3) is 0.385. The fourth-order valence-corrected chi connectivity index (χ4v) is 1.79. The summed E-state index contributed by atoms with van der Waals surface area (Å²) in [5, 5.41) is 22.7. The number of carboxylic acid groups (broad SMARTS) is 1. The van der Waals surface area contributed by atoms with Gasteiger partial charge in [0.05, 0.1) is 4.92 Å². The third kappa shape index (κ3) is 4.75. The molecule has 0 bridgehead atoms. The number of nitro benzene ring substituents is 1. The van der Waals surface area contributed by atoms with Crippen LogP contribution < -0.4 is 11.1 Å². The van der Waals surface area contributed by atoms with Crippen molar-refractivity contribution in [2.24, 2.45) is 5.73 Å². The van der Waals surface area contributed by atoms with Crippen LogP contribution in [0.4, 0.5) is 11.4 Å². The average Bonchev–Trinajstić information content (AvgIpc) is 2.36. The molecule has 0 aliphatic rings. The largest absolute Gasteiger partial charge is 0.481 e. The van der Waals surface area contributed by atoms with Gasteiger partial charge in [-0.05, 0) is 32.4 Å². The lowest BCUT2D eigenvalue weighted by Crippen LogP contribution is -2.32. The number of aliphatic carboxylic acids is 1. The highest BCUT2D eigenvalue weighted by Crippen LogP contribution is 2.29. The molecule has 21 heavy (non-hydrogen) atoms. The van der Waals surface area contributed by atoms with E-state index in [1.807, 2.05) is 0 Å². The van der Waals surface area contributed by atoms with Crippen molar-refractivity contribution < 1.29 is 19.6 Å². The zero-order valence-corrected chi connectivity index (χ0v) is 11.8. The summed E-state index contributed by atoms with van der Waals surface area (Å²) in [6.45, 7) is 3.48. The number of hydrogen-bond acceptors (Lipinski definition) is 5. The highest BCUT2D eigenvalue weighted by Gasteiger charge is 2.24. The lowest BCUT2D eigenvalue weighted by Gasteiger charge is -2.26. The first-order valence-electron chi connectivity index (χ1n) is 6.20. The van der Waals surface area contributed by atoms with Crippen molar-refractivity contribution in [3.8, 4) is 0 Å². The molecule has 8 heteroatoms. The highest BCUT2D eigenvalue weighted by molar-refractivity contribution is 5.94. The number of benzene rings is 1. The van der Waals surface area contributed by atoms with Crippen LogP contribution in [0.1, 0.15) is 37.0 Å². The predicted octanol–water partition coefficient (Wildman–Crippen LogP) is 1.75. The summed E-state index contributed by atoms with van der Waals surface area (Å²) in [5.74, 6) is -1.70. The Kier molecular flexibility index (Phi) is 4.85. The number of rotatable bonds is 7. The molecule has 0 saturated heterocycles. The molecule has 114 valence electrons. The van der Waals surface area contributed by atoms with Crippen LogP contribution in [0.5, 0.6) is 0 Å². The summed E-state index contributed by atoms with van der Waals surface area (Å²) in [7, 11) is 0. The zero-order valence-electron chi connectivity index (χ0n) is 11.8. The number of hydrogen-bond donors (Lipinski definition) is 3. The summed E-state index contributed by atoms with van der Waals surface area (Å²) in [6.07, 6.45) is 0.226. The number of anilines is 1. The fourth-order valence-electron chi connectivity index (χ4n) is 1.79. The summed E-state index contributed by atoms with van der Waals surface area (Å²) >= 11 is 0. The Morgan fingerprint density at radius 1 is 1.43 bits per heavy atom. The van der Waals surface area contributed by atoms with Crippen LogP contribution in [0, 0.1) is 10.1 Å². The van der Waals surface area contributed by atoms with E-state index in [0.717, 1.165) is 6.07 Å². The molecule has 0 aliphatic carbocycles. The monoisotopic (exact) mass is 295 g/mol. The molecule has 0 unspecified atom stereocenters. The Bertz CT molecular complexity index is 583. The Balaban J connectivity index is 3.04. The third-order valence-corrected chi connectivity index (χ3v) is 2.92. The predicted molar refractivity (Wildman–Crippen MR) is 76.2 cm³/mol. The maximum atomic E-state index is 11.1. The molecular weight excluding hydrogens is 278 g/mol. The smallest absolute Gasteiger partial charge is 0.303 e. The first-order chi connectivity index (χ1) is 9.62. The van der Waals surface area contributed by atoms with Gasteiger partial charge in [0.15, 0.2) is 0 Å². The average molecular weight is 295 g/mol. The minimum Gasteiger partial charge on any atom is -0.481 e. The van der Waals surface area contributed by atoms with E-state index in [0.29, 0.717) is 0 Å². The number of nitrogens with two attached hydrogens (primary N) is 1.